The molecule has 5 nitrogen and oxygen atoms in total. The van der Waals surface area contributed by atoms with E-state index in [1.54, 1.807) is 18.2 Å². The van der Waals surface area contributed by atoms with Gasteiger partial charge in [-0.3, -0.25) is 4.79 Å². The molecule has 2 rings (SSSR count). The molecular weight excluding hydrogens is 240 g/mol. The van der Waals surface area contributed by atoms with Crippen LogP contribution in [0.15, 0.2) is 35.2 Å². The Hall–Kier alpha value is -1.40. The van der Waals surface area contributed by atoms with Gasteiger partial charge >= 0.3 is 0 Å². The molecule has 1 amide bonds. The van der Waals surface area contributed by atoms with Crippen molar-refractivity contribution in [2.24, 2.45) is 5.73 Å². The Morgan fingerprint density at radius 3 is 2.53 bits per heavy atom. The van der Waals surface area contributed by atoms with Crippen LogP contribution < -0.4 is 5.73 Å². The molecule has 0 unspecified atom stereocenters. The van der Waals surface area contributed by atoms with E-state index in [4.69, 9.17) is 5.73 Å². The summed E-state index contributed by atoms with van der Waals surface area (Å²) in [6, 6.07) is 7.39. The molecule has 0 aliphatic carbocycles. The molecule has 1 atom stereocenters. The number of nitrogens with two attached hydrogens (primary N) is 1. The summed E-state index contributed by atoms with van der Waals surface area (Å²) in [5.41, 5.74) is 5.22. The average molecular weight is 254 g/mol. The molecule has 0 saturated carbocycles. The molecule has 92 valence electrons. The maximum atomic E-state index is 12.3. The fourth-order valence-corrected chi connectivity index (χ4v) is 3.73. The molecule has 1 fully saturated rings. The highest BCUT2D eigenvalue weighted by molar-refractivity contribution is 7.89. The minimum absolute atomic E-state index is 0.202. The van der Waals surface area contributed by atoms with E-state index in [1.807, 2.05) is 0 Å². The van der Waals surface area contributed by atoms with Crippen LogP contribution in [-0.2, 0) is 14.8 Å². The zero-order valence-corrected chi connectivity index (χ0v) is 10.1. The molecule has 0 bridgehead atoms. The minimum Gasteiger partial charge on any atom is -0.368 e. The van der Waals surface area contributed by atoms with Crippen molar-refractivity contribution in [1.82, 2.24) is 4.31 Å². The summed E-state index contributed by atoms with van der Waals surface area (Å²) in [6.45, 7) is 0.352. The van der Waals surface area contributed by atoms with Crippen LogP contribution in [0.5, 0.6) is 0 Å². The van der Waals surface area contributed by atoms with Crippen LogP contribution in [0.4, 0.5) is 0 Å². The maximum absolute atomic E-state index is 12.3. The number of benzene rings is 1. The lowest BCUT2D eigenvalue weighted by molar-refractivity contribution is -0.121. The predicted octanol–water partition coefficient (Wildman–Crippen LogP) is 0.325. The molecule has 0 radical (unpaired) electrons. The number of rotatable bonds is 3. The van der Waals surface area contributed by atoms with Crippen molar-refractivity contribution in [3.8, 4) is 0 Å². The van der Waals surface area contributed by atoms with Gasteiger partial charge in [-0.05, 0) is 25.0 Å². The Balaban J connectivity index is 2.37. The molecule has 1 aromatic rings. The molecule has 2 N–H and O–H groups in total. The third-order valence-electron chi connectivity index (χ3n) is 2.88. The van der Waals surface area contributed by atoms with E-state index >= 15 is 0 Å². The number of carbonyl (C=O) groups excluding carboxylic acids is 1. The van der Waals surface area contributed by atoms with Crippen LogP contribution >= 0.6 is 0 Å². The summed E-state index contributed by atoms with van der Waals surface area (Å²) in [5.74, 6) is -0.581. The number of carbonyl (C=O) groups is 1. The van der Waals surface area contributed by atoms with Crippen LogP contribution in [0, 0.1) is 0 Å². The van der Waals surface area contributed by atoms with Crippen molar-refractivity contribution in [3.05, 3.63) is 30.3 Å². The number of nitrogens with zero attached hydrogens (tertiary/aromatic N) is 1. The van der Waals surface area contributed by atoms with Crippen LogP contribution in [-0.4, -0.2) is 31.2 Å². The summed E-state index contributed by atoms with van der Waals surface area (Å²) in [6.07, 6.45) is 1.17. The van der Waals surface area contributed by atoms with Crippen molar-refractivity contribution in [3.63, 3.8) is 0 Å². The van der Waals surface area contributed by atoms with Gasteiger partial charge in [0.25, 0.3) is 0 Å². The van der Waals surface area contributed by atoms with E-state index in [0.717, 1.165) is 0 Å². The summed E-state index contributed by atoms with van der Waals surface area (Å²) in [4.78, 5) is 11.4. The van der Waals surface area contributed by atoms with E-state index in [9.17, 15) is 13.2 Å². The number of hydrogen-bond donors (Lipinski definition) is 1. The first-order valence-electron chi connectivity index (χ1n) is 5.39. The normalized spacial score (nSPS) is 21.5. The molecule has 1 saturated heterocycles. The van der Waals surface area contributed by atoms with Crippen molar-refractivity contribution >= 4 is 15.9 Å². The summed E-state index contributed by atoms with van der Waals surface area (Å²) in [5, 5.41) is 0. The molecule has 1 aromatic carbocycles. The second kappa shape index (κ2) is 4.46. The standard InChI is InChI=1S/C11H14N2O3S/c12-11(14)10-7-4-8-13(10)17(15,16)9-5-2-1-3-6-9/h1-3,5-6,10H,4,7-8H2,(H2,12,14)/t10-/m0/s1. The van der Waals surface area contributed by atoms with Gasteiger partial charge in [-0.25, -0.2) is 8.42 Å². The van der Waals surface area contributed by atoms with Crippen LogP contribution in [0.25, 0.3) is 0 Å². The third kappa shape index (κ3) is 2.18. The first-order chi connectivity index (χ1) is 8.03. The Bertz CT molecular complexity index is 513. The van der Waals surface area contributed by atoms with E-state index < -0.39 is 22.0 Å². The van der Waals surface area contributed by atoms with Crippen LogP contribution in [0.2, 0.25) is 0 Å². The molecule has 0 aromatic heterocycles. The number of primary amides is 1. The monoisotopic (exact) mass is 254 g/mol. The van der Waals surface area contributed by atoms with E-state index in [-0.39, 0.29) is 4.90 Å². The fourth-order valence-electron chi connectivity index (χ4n) is 2.04. The van der Waals surface area contributed by atoms with Gasteiger partial charge < -0.3 is 5.73 Å². The smallest absolute Gasteiger partial charge is 0.243 e. The molecule has 6 heteroatoms. The largest absolute Gasteiger partial charge is 0.368 e. The lowest BCUT2D eigenvalue weighted by Crippen LogP contribution is -2.43. The van der Waals surface area contributed by atoms with Crippen molar-refractivity contribution in [2.75, 3.05) is 6.54 Å². The van der Waals surface area contributed by atoms with E-state index in [2.05, 4.69) is 0 Å². The molecule has 17 heavy (non-hydrogen) atoms. The van der Waals surface area contributed by atoms with Gasteiger partial charge in [0.15, 0.2) is 0 Å². The van der Waals surface area contributed by atoms with Crippen molar-refractivity contribution in [2.45, 2.75) is 23.8 Å². The SMILES string of the molecule is NC(=O)[C@@H]1CCCN1S(=O)(=O)c1ccccc1. The maximum Gasteiger partial charge on any atom is 0.243 e. The average Bonchev–Trinajstić information content (AvgIpc) is 2.80. The summed E-state index contributed by atoms with van der Waals surface area (Å²) in [7, 11) is -3.60. The molecule has 0 spiro atoms. The Kier molecular flexibility index (Phi) is 3.17. The zero-order chi connectivity index (χ0) is 12.5. The van der Waals surface area contributed by atoms with Crippen molar-refractivity contribution in [1.29, 1.82) is 0 Å². The van der Waals surface area contributed by atoms with Crippen molar-refractivity contribution < 1.29 is 13.2 Å². The lowest BCUT2D eigenvalue weighted by atomic mass is 10.2. The third-order valence-corrected chi connectivity index (χ3v) is 4.80. The highest BCUT2D eigenvalue weighted by atomic mass is 32.2. The number of sulfonamides is 1. The molecular formula is C11H14N2O3S. The minimum atomic E-state index is -3.60. The van der Waals surface area contributed by atoms with Gasteiger partial charge in [0.05, 0.1) is 4.90 Å². The Labute approximate surface area is 100 Å². The van der Waals surface area contributed by atoms with Gasteiger partial charge in [0.2, 0.25) is 15.9 Å². The van der Waals surface area contributed by atoms with Gasteiger partial charge in [-0.2, -0.15) is 4.31 Å². The highest BCUT2D eigenvalue weighted by Crippen LogP contribution is 2.25. The first kappa shape index (κ1) is 12.1. The predicted molar refractivity (Wildman–Crippen MR) is 62.6 cm³/mol. The topological polar surface area (TPSA) is 80.5 Å². The van der Waals surface area contributed by atoms with Crippen LogP contribution in [0.3, 0.4) is 0 Å². The van der Waals surface area contributed by atoms with Gasteiger partial charge in [0, 0.05) is 6.54 Å². The summed E-state index contributed by atoms with van der Waals surface area (Å²) >= 11 is 0. The lowest BCUT2D eigenvalue weighted by Gasteiger charge is -2.21. The second-order valence-corrected chi connectivity index (χ2v) is 5.88. The molecule has 1 aliphatic rings. The summed E-state index contributed by atoms with van der Waals surface area (Å²) < 4.78 is 25.7. The molecule has 1 heterocycles. The fraction of sp³-hybridized carbons (Fsp3) is 0.364. The van der Waals surface area contributed by atoms with E-state index in [0.29, 0.717) is 19.4 Å². The number of amides is 1. The Morgan fingerprint density at radius 2 is 1.94 bits per heavy atom. The van der Waals surface area contributed by atoms with Gasteiger partial charge in [-0.15, -0.1) is 0 Å². The Morgan fingerprint density at radius 1 is 1.29 bits per heavy atom. The molecule has 1 aliphatic heterocycles. The second-order valence-electron chi connectivity index (χ2n) is 3.99. The van der Waals surface area contributed by atoms with Crippen LogP contribution in [0.1, 0.15) is 12.8 Å². The van der Waals surface area contributed by atoms with Gasteiger partial charge in [0.1, 0.15) is 6.04 Å². The van der Waals surface area contributed by atoms with E-state index in [1.165, 1.54) is 16.4 Å². The highest BCUT2D eigenvalue weighted by Gasteiger charge is 2.38. The van der Waals surface area contributed by atoms with Gasteiger partial charge in [-0.1, -0.05) is 18.2 Å². The first-order valence-corrected chi connectivity index (χ1v) is 6.83. The number of hydrogen-bond acceptors (Lipinski definition) is 3. The quantitative estimate of drug-likeness (QED) is 0.843. The zero-order valence-electron chi connectivity index (χ0n) is 9.24.